The number of rotatable bonds is 2. The Morgan fingerprint density at radius 1 is 1.57 bits per heavy atom. The Balaban J connectivity index is 2.23. The first kappa shape index (κ1) is 9.50. The van der Waals surface area contributed by atoms with E-state index in [0.717, 1.165) is 11.0 Å². The van der Waals surface area contributed by atoms with Crippen LogP contribution in [-0.4, -0.2) is 4.57 Å². The molecule has 0 N–H and O–H groups in total. The van der Waals surface area contributed by atoms with Crippen molar-refractivity contribution in [3.63, 3.8) is 0 Å². The second-order valence-electron chi connectivity index (χ2n) is 2.86. The molecule has 0 saturated heterocycles. The first-order chi connectivity index (χ1) is 6.79. The van der Waals surface area contributed by atoms with Crippen molar-refractivity contribution in [1.29, 1.82) is 5.26 Å². The van der Waals surface area contributed by atoms with Gasteiger partial charge in [-0.25, -0.2) is 0 Å². The summed E-state index contributed by atoms with van der Waals surface area (Å²) in [6.07, 6.45) is 1.92. The third-order valence-corrected chi connectivity index (χ3v) is 3.57. The fourth-order valence-corrected chi connectivity index (χ4v) is 2.71. The average molecular weight is 267 g/mol. The van der Waals surface area contributed by atoms with E-state index in [4.69, 9.17) is 5.26 Å². The van der Waals surface area contributed by atoms with Crippen molar-refractivity contribution in [3.05, 3.63) is 44.8 Å². The molecule has 0 unspecified atom stereocenters. The van der Waals surface area contributed by atoms with Gasteiger partial charge in [0, 0.05) is 20.9 Å². The summed E-state index contributed by atoms with van der Waals surface area (Å²) in [5.74, 6) is 0. The van der Waals surface area contributed by atoms with Crippen molar-refractivity contribution in [2.75, 3.05) is 0 Å². The fourth-order valence-electron chi connectivity index (χ4n) is 1.26. The molecule has 0 aliphatic heterocycles. The standard InChI is InChI=1S/C10H7BrN2S/c11-8-4-10(14-7-8)6-13-3-1-2-9(13)5-12/h1-4,7H,6H2. The summed E-state index contributed by atoms with van der Waals surface area (Å²) >= 11 is 5.10. The topological polar surface area (TPSA) is 28.7 Å². The molecule has 0 radical (unpaired) electrons. The van der Waals surface area contributed by atoms with E-state index in [9.17, 15) is 0 Å². The summed E-state index contributed by atoms with van der Waals surface area (Å²) in [5, 5.41) is 10.9. The van der Waals surface area contributed by atoms with Crippen LogP contribution in [0.3, 0.4) is 0 Å². The molecule has 2 nitrogen and oxygen atoms in total. The summed E-state index contributed by atoms with van der Waals surface area (Å²) in [5.41, 5.74) is 0.703. The molecule has 2 heterocycles. The van der Waals surface area contributed by atoms with Crippen LogP contribution >= 0.6 is 27.3 Å². The minimum absolute atomic E-state index is 0.703. The minimum atomic E-state index is 0.703. The molecule has 0 amide bonds. The highest BCUT2D eigenvalue weighted by atomic mass is 79.9. The quantitative estimate of drug-likeness (QED) is 0.821. The molecule has 2 rings (SSSR count). The second kappa shape index (κ2) is 3.99. The fraction of sp³-hybridized carbons (Fsp3) is 0.100. The van der Waals surface area contributed by atoms with Crippen LogP contribution in [0.4, 0.5) is 0 Å². The number of nitrogens with zero attached hydrogens (tertiary/aromatic N) is 2. The van der Waals surface area contributed by atoms with E-state index < -0.39 is 0 Å². The summed E-state index contributed by atoms with van der Waals surface area (Å²) in [7, 11) is 0. The Kier molecular flexibility index (Phi) is 2.71. The van der Waals surface area contributed by atoms with Crippen molar-refractivity contribution >= 4 is 27.3 Å². The zero-order valence-electron chi connectivity index (χ0n) is 7.27. The van der Waals surface area contributed by atoms with Gasteiger partial charge in [0.05, 0.1) is 6.54 Å². The van der Waals surface area contributed by atoms with E-state index in [1.807, 2.05) is 28.3 Å². The molecule has 70 valence electrons. The van der Waals surface area contributed by atoms with Crippen molar-refractivity contribution in [2.24, 2.45) is 0 Å². The van der Waals surface area contributed by atoms with Crippen molar-refractivity contribution in [2.45, 2.75) is 6.54 Å². The van der Waals surface area contributed by atoms with E-state index in [1.54, 1.807) is 11.3 Å². The molecular formula is C10H7BrN2S. The zero-order valence-corrected chi connectivity index (χ0v) is 9.68. The Bertz CT molecular complexity index is 478. The lowest BCUT2D eigenvalue weighted by Crippen LogP contribution is -1.98. The molecule has 0 fully saturated rings. The van der Waals surface area contributed by atoms with E-state index in [0.29, 0.717) is 5.69 Å². The predicted molar refractivity (Wildman–Crippen MR) is 60.3 cm³/mol. The Hall–Kier alpha value is -1.05. The molecular weight excluding hydrogens is 260 g/mol. The Morgan fingerprint density at radius 3 is 3.07 bits per heavy atom. The number of nitriles is 1. The van der Waals surface area contributed by atoms with Crippen molar-refractivity contribution in [1.82, 2.24) is 4.57 Å². The lowest BCUT2D eigenvalue weighted by atomic mass is 10.4. The number of hydrogen-bond donors (Lipinski definition) is 0. The van der Waals surface area contributed by atoms with Gasteiger partial charge in [-0.3, -0.25) is 0 Å². The first-order valence-electron chi connectivity index (χ1n) is 4.08. The van der Waals surface area contributed by atoms with Crippen LogP contribution in [0.2, 0.25) is 0 Å². The maximum Gasteiger partial charge on any atom is 0.120 e. The van der Waals surface area contributed by atoms with Gasteiger partial charge in [0.2, 0.25) is 0 Å². The Labute approximate surface area is 94.5 Å². The summed E-state index contributed by atoms with van der Waals surface area (Å²) < 4.78 is 3.04. The van der Waals surface area contributed by atoms with Gasteiger partial charge in [0.25, 0.3) is 0 Å². The molecule has 2 aromatic rings. The molecule has 0 atom stereocenters. The minimum Gasteiger partial charge on any atom is -0.334 e. The largest absolute Gasteiger partial charge is 0.334 e. The lowest BCUT2D eigenvalue weighted by molar-refractivity contribution is 0.806. The number of hydrogen-bond acceptors (Lipinski definition) is 2. The molecule has 2 aromatic heterocycles. The third kappa shape index (κ3) is 1.89. The highest BCUT2D eigenvalue weighted by Gasteiger charge is 2.02. The smallest absolute Gasteiger partial charge is 0.120 e. The molecule has 0 bridgehead atoms. The molecule has 4 heteroatoms. The summed E-state index contributed by atoms with van der Waals surface area (Å²) in [4.78, 5) is 1.24. The van der Waals surface area contributed by atoms with Crippen LogP contribution in [0, 0.1) is 11.3 Å². The van der Waals surface area contributed by atoms with Gasteiger partial charge in [0.15, 0.2) is 0 Å². The third-order valence-electron chi connectivity index (χ3n) is 1.89. The molecule has 0 aliphatic carbocycles. The monoisotopic (exact) mass is 266 g/mol. The lowest BCUT2D eigenvalue weighted by Gasteiger charge is -2.00. The molecule has 14 heavy (non-hydrogen) atoms. The normalized spacial score (nSPS) is 10.0. The maximum absolute atomic E-state index is 8.81. The van der Waals surface area contributed by atoms with Crippen LogP contribution in [0.15, 0.2) is 34.2 Å². The van der Waals surface area contributed by atoms with Crippen molar-refractivity contribution < 1.29 is 0 Å². The van der Waals surface area contributed by atoms with Crippen molar-refractivity contribution in [3.8, 4) is 6.07 Å². The van der Waals surface area contributed by atoms with Crippen LogP contribution in [-0.2, 0) is 6.54 Å². The number of aromatic nitrogens is 1. The summed E-state index contributed by atoms with van der Waals surface area (Å²) in [6, 6.07) is 7.95. The van der Waals surface area contributed by atoms with Gasteiger partial charge in [-0.05, 0) is 34.1 Å². The zero-order chi connectivity index (χ0) is 9.97. The van der Waals surface area contributed by atoms with Crippen LogP contribution in [0.1, 0.15) is 10.6 Å². The van der Waals surface area contributed by atoms with Gasteiger partial charge >= 0.3 is 0 Å². The Morgan fingerprint density at radius 2 is 2.43 bits per heavy atom. The maximum atomic E-state index is 8.81. The number of thiophene rings is 1. The number of halogens is 1. The van der Waals surface area contributed by atoms with Gasteiger partial charge in [-0.2, -0.15) is 5.26 Å². The molecule has 0 aromatic carbocycles. The van der Waals surface area contributed by atoms with Gasteiger partial charge in [-0.15, -0.1) is 11.3 Å². The van der Waals surface area contributed by atoms with Gasteiger partial charge in [0.1, 0.15) is 11.8 Å². The van der Waals surface area contributed by atoms with E-state index in [-0.39, 0.29) is 0 Å². The van der Waals surface area contributed by atoms with Gasteiger partial charge < -0.3 is 4.57 Å². The summed E-state index contributed by atoms with van der Waals surface area (Å²) in [6.45, 7) is 0.770. The van der Waals surface area contributed by atoms with Crippen LogP contribution in [0.25, 0.3) is 0 Å². The first-order valence-corrected chi connectivity index (χ1v) is 5.75. The van der Waals surface area contributed by atoms with Gasteiger partial charge in [-0.1, -0.05) is 0 Å². The van der Waals surface area contributed by atoms with Crippen LogP contribution in [0.5, 0.6) is 0 Å². The molecule has 0 spiro atoms. The van der Waals surface area contributed by atoms with E-state index >= 15 is 0 Å². The highest BCUT2D eigenvalue weighted by Crippen LogP contribution is 2.21. The molecule has 0 aliphatic rings. The van der Waals surface area contributed by atoms with E-state index in [1.165, 1.54) is 4.88 Å². The highest BCUT2D eigenvalue weighted by molar-refractivity contribution is 9.10. The average Bonchev–Trinajstić information content (AvgIpc) is 2.76. The van der Waals surface area contributed by atoms with Crippen LogP contribution < -0.4 is 0 Å². The second-order valence-corrected chi connectivity index (χ2v) is 4.78. The predicted octanol–water partition coefficient (Wildman–Crippen LogP) is 3.23. The SMILES string of the molecule is N#Cc1cccn1Cc1cc(Br)cs1. The van der Waals surface area contributed by atoms with E-state index in [2.05, 4.69) is 28.1 Å². The molecule has 0 saturated carbocycles.